The first-order valence-electron chi connectivity index (χ1n) is 6.78. The topological polar surface area (TPSA) is 50.9 Å². The van der Waals surface area contributed by atoms with E-state index in [2.05, 4.69) is 41.6 Å². The number of nitrogens with zero attached hydrogens (tertiary/aromatic N) is 1. The van der Waals surface area contributed by atoms with Crippen LogP contribution in [0.5, 0.6) is 0 Å². The molecule has 0 fully saturated rings. The molecule has 0 aliphatic carbocycles. The summed E-state index contributed by atoms with van der Waals surface area (Å²) in [6, 6.07) is 14.7. The minimum atomic E-state index is 0.102. The van der Waals surface area contributed by atoms with Crippen LogP contribution in [0.2, 0.25) is 0 Å². The monoisotopic (exact) mass is 255 g/mol. The zero-order valence-corrected chi connectivity index (χ0v) is 11.3. The molecule has 2 aromatic rings. The van der Waals surface area contributed by atoms with Crippen molar-refractivity contribution in [1.82, 2.24) is 10.4 Å². The molecule has 3 heteroatoms. The molecule has 1 unspecified atom stereocenters. The molecule has 1 atom stereocenters. The molecule has 1 heterocycles. The second-order valence-electron chi connectivity index (χ2n) is 4.74. The summed E-state index contributed by atoms with van der Waals surface area (Å²) in [4.78, 5) is 4.34. The van der Waals surface area contributed by atoms with Crippen LogP contribution in [0.25, 0.3) is 0 Å². The fraction of sp³-hybridized carbons (Fsp3) is 0.312. The summed E-state index contributed by atoms with van der Waals surface area (Å²) in [6.07, 6.45) is 4.91. The second kappa shape index (κ2) is 7.02. The van der Waals surface area contributed by atoms with Crippen molar-refractivity contribution in [2.45, 2.75) is 32.2 Å². The van der Waals surface area contributed by atoms with Crippen molar-refractivity contribution in [3.05, 3.63) is 65.5 Å². The number of hydrazine groups is 1. The van der Waals surface area contributed by atoms with Gasteiger partial charge in [0.2, 0.25) is 0 Å². The highest BCUT2D eigenvalue weighted by molar-refractivity contribution is 5.26. The average molecular weight is 255 g/mol. The van der Waals surface area contributed by atoms with Gasteiger partial charge in [-0.25, -0.2) is 0 Å². The molecule has 0 amide bonds. The number of nitrogens with two attached hydrogens (primary N) is 1. The van der Waals surface area contributed by atoms with Gasteiger partial charge in [0.05, 0.1) is 6.04 Å². The molecule has 100 valence electrons. The Kier molecular flexibility index (Phi) is 5.07. The number of aryl methyl sites for hydroxylation is 1. The van der Waals surface area contributed by atoms with Crippen molar-refractivity contribution >= 4 is 0 Å². The first-order valence-corrected chi connectivity index (χ1v) is 6.78. The van der Waals surface area contributed by atoms with Gasteiger partial charge in [-0.3, -0.25) is 16.3 Å². The van der Waals surface area contributed by atoms with Crippen molar-refractivity contribution < 1.29 is 0 Å². The predicted octanol–water partition coefficient (Wildman–Crippen LogP) is 2.78. The van der Waals surface area contributed by atoms with Gasteiger partial charge in [-0.05, 0) is 29.7 Å². The van der Waals surface area contributed by atoms with Crippen molar-refractivity contribution in [2.75, 3.05) is 0 Å². The van der Waals surface area contributed by atoms with Crippen molar-refractivity contribution in [3.8, 4) is 0 Å². The summed E-state index contributed by atoms with van der Waals surface area (Å²) >= 11 is 0. The number of rotatable bonds is 6. The summed E-state index contributed by atoms with van der Waals surface area (Å²) in [7, 11) is 0. The highest BCUT2D eigenvalue weighted by atomic mass is 15.2. The molecule has 0 radical (unpaired) electrons. The predicted molar refractivity (Wildman–Crippen MR) is 78.4 cm³/mol. The molecule has 1 aromatic carbocycles. The smallest absolute Gasteiger partial charge is 0.0515 e. The molecule has 0 bridgehead atoms. The Balaban J connectivity index is 2.08. The minimum Gasteiger partial charge on any atom is -0.271 e. The molecule has 0 aliphatic rings. The van der Waals surface area contributed by atoms with E-state index in [0.717, 1.165) is 18.5 Å². The zero-order chi connectivity index (χ0) is 13.5. The summed E-state index contributed by atoms with van der Waals surface area (Å²) in [5, 5.41) is 0. The van der Waals surface area contributed by atoms with Gasteiger partial charge in [0, 0.05) is 18.3 Å². The Bertz CT molecular complexity index is 479. The number of hydrogen-bond donors (Lipinski definition) is 2. The Morgan fingerprint density at radius 3 is 2.53 bits per heavy atom. The van der Waals surface area contributed by atoms with Gasteiger partial charge in [0.15, 0.2) is 0 Å². The van der Waals surface area contributed by atoms with Gasteiger partial charge < -0.3 is 0 Å². The van der Waals surface area contributed by atoms with Crippen LogP contribution in [0.15, 0.2) is 48.7 Å². The number of benzene rings is 1. The standard InChI is InChI=1S/C16H21N3/c1-2-5-13-7-9-14(10-8-13)16(19-17)12-15-6-3-4-11-18-15/h3-4,6-11,16,19H,2,5,12,17H2,1H3. The summed E-state index contributed by atoms with van der Waals surface area (Å²) in [6.45, 7) is 2.19. The van der Waals surface area contributed by atoms with Gasteiger partial charge in [0.1, 0.15) is 0 Å². The lowest BCUT2D eigenvalue weighted by Crippen LogP contribution is -2.29. The number of aromatic nitrogens is 1. The first-order chi connectivity index (χ1) is 9.33. The Labute approximate surface area is 114 Å². The van der Waals surface area contributed by atoms with Gasteiger partial charge >= 0.3 is 0 Å². The van der Waals surface area contributed by atoms with Crippen LogP contribution < -0.4 is 11.3 Å². The van der Waals surface area contributed by atoms with Crippen LogP contribution in [0.4, 0.5) is 0 Å². The summed E-state index contributed by atoms with van der Waals surface area (Å²) in [5.41, 5.74) is 6.50. The lowest BCUT2D eigenvalue weighted by Gasteiger charge is -2.16. The SMILES string of the molecule is CCCc1ccc(C(Cc2ccccn2)NN)cc1. The van der Waals surface area contributed by atoms with E-state index in [0.29, 0.717) is 0 Å². The van der Waals surface area contributed by atoms with E-state index >= 15 is 0 Å². The van der Waals surface area contributed by atoms with E-state index in [1.807, 2.05) is 24.4 Å². The number of pyridine rings is 1. The van der Waals surface area contributed by atoms with Gasteiger partial charge in [-0.2, -0.15) is 0 Å². The summed E-state index contributed by atoms with van der Waals surface area (Å²) in [5.74, 6) is 5.67. The van der Waals surface area contributed by atoms with Crippen LogP contribution in [-0.4, -0.2) is 4.98 Å². The molecular formula is C16H21N3. The molecule has 1 aromatic heterocycles. The van der Waals surface area contributed by atoms with Crippen LogP contribution in [0.1, 0.15) is 36.2 Å². The Morgan fingerprint density at radius 1 is 1.16 bits per heavy atom. The number of hydrogen-bond acceptors (Lipinski definition) is 3. The second-order valence-corrected chi connectivity index (χ2v) is 4.74. The molecule has 2 rings (SSSR count). The highest BCUT2D eigenvalue weighted by Crippen LogP contribution is 2.17. The first kappa shape index (κ1) is 13.7. The van der Waals surface area contributed by atoms with Gasteiger partial charge in [0.25, 0.3) is 0 Å². The molecule has 3 nitrogen and oxygen atoms in total. The molecule has 3 N–H and O–H groups in total. The van der Waals surface area contributed by atoms with Crippen LogP contribution >= 0.6 is 0 Å². The zero-order valence-electron chi connectivity index (χ0n) is 11.3. The van der Waals surface area contributed by atoms with Crippen molar-refractivity contribution in [1.29, 1.82) is 0 Å². The van der Waals surface area contributed by atoms with Crippen LogP contribution in [0, 0.1) is 0 Å². The fourth-order valence-electron chi connectivity index (χ4n) is 2.21. The third-order valence-electron chi connectivity index (χ3n) is 3.26. The van der Waals surface area contributed by atoms with E-state index in [1.165, 1.54) is 17.5 Å². The molecule has 19 heavy (non-hydrogen) atoms. The third kappa shape index (κ3) is 3.88. The number of nitrogens with one attached hydrogen (secondary N) is 1. The normalized spacial score (nSPS) is 12.3. The largest absolute Gasteiger partial charge is 0.271 e. The quantitative estimate of drug-likeness (QED) is 0.616. The van der Waals surface area contributed by atoms with Crippen LogP contribution in [0.3, 0.4) is 0 Å². The molecule has 0 saturated carbocycles. The van der Waals surface area contributed by atoms with E-state index in [9.17, 15) is 0 Å². The minimum absolute atomic E-state index is 0.102. The van der Waals surface area contributed by atoms with E-state index in [-0.39, 0.29) is 6.04 Å². The lowest BCUT2D eigenvalue weighted by molar-refractivity contribution is 0.546. The molecular weight excluding hydrogens is 234 g/mol. The van der Waals surface area contributed by atoms with E-state index < -0.39 is 0 Å². The van der Waals surface area contributed by atoms with Crippen molar-refractivity contribution in [2.24, 2.45) is 5.84 Å². The fourth-order valence-corrected chi connectivity index (χ4v) is 2.21. The van der Waals surface area contributed by atoms with E-state index in [4.69, 9.17) is 5.84 Å². The molecule has 0 saturated heterocycles. The Hall–Kier alpha value is -1.71. The average Bonchev–Trinajstić information content (AvgIpc) is 2.47. The Morgan fingerprint density at radius 2 is 1.95 bits per heavy atom. The molecule has 0 aliphatic heterocycles. The summed E-state index contributed by atoms with van der Waals surface area (Å²) < 4.78 is 0. The van der Waals surface area contributed by atoms with Crippen molar-refractivity contribution in [3.63, 3.8) is 0 Å². The molecule has 0 spiro atoms. The van der Waals surface area contributed by atoms with E-state index in [1.54, 1.807) is 0 Å². The maximum atomic E-state index is 5.67. The van der Waals surface area contributed by atoms with Gasteiger partial charge in [-0.15, -0.1) is 0 Å². The van der Waals surface area contributed by atoms with Crippen LogP contribution in [-0.2, 0) is 12.8 Å². The maximum Gasteiger partial charge on any atom is 0.0515 e. The maximum absolute atomic E-state index is 5.67. The lowest BCUT2D eigenvalue weighted by atomic mass is 10.00. The van der Waals surface area contributed by atoms with Gasteiger partial charge in [-0.1, -0.05) is 43.7 Å². The highest BCUT2D eigenvalue weighted by Gasteiger charge is 2.10. The third-order valence-corrected chi connectivity index (χ3v) is 3.26.